The number of nitrogens with zero attached hydrogens (tertiary/aromatic N) is 1. The number of benzene rings is 1. The molecule has 0 aliphatic carbocycles. The predicted octanol–water partition coefficient (Wildman–Crippen LogP) is 2.78. The van der Waals surface area contributed by atoms with Crippen LogP contribution in [0.1, 0.15) is 19.4 Å². The minimum atomic E-state index is 0.364. The van der Waals surface area contributed by atoms with E-state index >= 15 is 0 Å². The first-order valence-electron chi connectivity index (χ1n) is 5.85. The molecule has 1 unspecified atom stereocenters. The van der Waals surface area contributed by atoms with Gasteiger partial charge in [-0.15, -0.1) is 0 Å². The second-order valence-electron chi connectivity index (χ2n) is 4.21. The summed E-state index contributed by atoms with van der Waals surface area (Å²) in [6, 6.07) is 5.96. The van der Waals surface area contributed by atoms with Gasteiger partial charge in [0, 0.05) is 30.4 Å². The molecule has 1 rings (SSSR count). The van der Waals surface area contributed by atoms with Crippen molar-refractivity contribution in [2.24, 2.45) is 0 Å². The molecule has 0 fully saturated rings. The monoisotopic (exact) mass is 256 g/mol. The molecule has 3 nitrogen and oxygen atoms in total. The number of rotatable bonds is 6. The van der Waals surface area contributed by atoms with Crippen LogP contribution in [0.2, 0.25) is 5.02 Å². The van der Waals surface area contributed by atoms with Gasteiger partial charge in [-0.25, -0.2) is 0 Å². The van der Waals surface area contributed by atoms with Crippen LogP contribution in [0.15, 0.2) is 18.2 Å². The molecule has 0 spiro atoms. The summed E-state index contributed by atoms with van der Waals surface area (Å²) in [4.78, 5) is 2.31. The van der Waals surface area contributed by atoms with Gasteiger partial charge in [0.05, 0.1) is 6.61 Å². The average Bonchev–Trinajstić information content (AvgIpc) is 2.30. The first-order chi connectivity index (χ1) is 8.08. The van der Waals surface area contributed by atoms with Crippen LogP contribution in [0.3, 0.4) is 0 Å². The molecule has 0 aliphatic rings. The van der Waals surface area contributed by atoms with E-state index in [9.17, 15) is 0 Å². The van der Waals surface area contributed by atoms with Crippen molar-refractivity contribution < 1.29 is 4.74 Å². The SMILES string of the molecule is CCN(Cc1cc(Cl)ccc1N)C(C)COC. The highest BCUT2D eigenvalue weighted by atomic mass is 35.5. The van der Waals surface area contributed by atoms with E-state index < -0.39 is 0 Å². The summed E-state index contributed by atoms with van der Waals surface area (Å²) in [6.45, 7) is 6.75. The number of nitrogen functional groups attached to an aromatic ring is 1. The number of methoxy groups -OCH3 is 1. The molecule has 17 heavy (non-hydrogen) atoms. The second kappa shape index (κ2) is 6.84. The molecule has 2 N–H and O–H groups in total. The molecular weight excluding hydrogens is 236 g/mol. The largest absolute Gasteiger partial charge is 0.398 e. The van der Waals surface area contributed by atoms with Crippen molar-refractivity contribution in [2.45, 2.75) is 26.4 Å². The van der Waals surface area contributed by atoms with Crippen LogP contribution >= 0.6 is 11.6 Å². The number of anilines is 1. The number of likely N-dealkylation sites (N-methyl/N-ethyl adjacent to an activating group) is 1. The number of ether oxygens (including phenoxy) is 1. The summed E-state index contributed by atoms with van der Waals surface area (Å²) in [6.07, 6.45) is 0. The first kappa shape index (κ1) is 14.3. The fourth-order valence-corrected chi connectivity index (χ4v) is 2.05. The first-order valence-corrected chi connectivity index (χ1v) is 6.23. The van der Waals surface area contributed by atoms with Crippen molar-refractivity contribution in [3.05, 3.63) is 28.8 Å². The lowest BCUT2D eigenvalue weighted by molar-refractivity contribution is 0.0983. The van der Waals surface area contributed by atoms with Crippen LogP contribution < -0.4 is 5.73 Å². The summed E-state index contributed by atoms with van der Waals surface area (Å²) in [5.41, 5.74) is 7.81. The van der Waals surface area contributed by atoms with E-state index in [1.54, 1.807) is 7.11 Å². The number of halogens is 1. The second-order valence-corrected chi connectivity index (χ2v) is 4.65. The van der Waals surface area contributed by atoms with Crippen molar-refractivity contribution >= 4 is 17.3 Å². The van der Waals surface area contributed by atoms with Crippen LogP contribution in [-0.2, 0) is 11.3 Å². The third-order valence-electron chi connectivity index (χ3n) is 2.92. The molecule has 1 atom stereocenters. The highest BCUT2D eigenvalue weighted by molar-refractivity contribution is 6.30. The van der Waals surface area contributed by atoms with Crippen molar-refractivity contribution in [2.75, 3.05) is 26.0 Å². The van der Waals surface area contributed by atoms with Crippen molar-refractivity contribution in [3.63, 3.8) is 0 Å². The van der Waals surface area contributed by atoms with E-state index in [0.717, 1.165) is 29.4 Å². The van der Waals surface area contributed by atoms with Gasteiger partial charge in [0.25, 0.3) is 0 Å². The van der Waals surface area contributed by atoms with Gasteiger partial charge in [-0.1, -0.05) is 18.5 Å². The molecule has 0 amide bonds. The van der Waals surface area contributed by atoms with Crippen LogP contribution in [0.4, 0.5) is 5.69 Å². The lowest BCUT2D eigenvalue weighted by Gasteiger charge is -2.27. The molecule has 1 aromatic rings. The Kier molecular flexibility index (Phi) is 5.75. The minimum Gasteiger partial charge on any atom is -0.398 e. The Morgan fingerprint density at radius 3 is 2.76 bits per heavy atom. The van der Waals surface area contributed by atoms with Crippen molar-refractivity contribution in [1.29, 1.82) is 0 Å². The standard InChI is InChI=1S/C13H21ClN2O/c1-4-16(10(2)9-17-3)8-11-7-12(14)5-6-13(11)15/h5-7,10H,4,8-9,15H2,1-3H3. The molecule has 0 saturated carbocycles. The Labute approximate surface area is 109 Å². The summed E-state index contributed by atoms with van der Waals surface area (Å²) in [7, 11) is 1.72. The minimum absolute atomic E-state index is 0.364. The van der Waals surface area contributed by atoms with Gasteiger partial charge >= 0.3 is 0 Å². The zero-order chi connectivity index (χ0) is 12.8. The number of hydrogen-bond donors (Lipinski definition) is 1. The van der Waals surface area contributed by atoms with E-state index in [1.165, 1.54) is 0 Å². The molecule has 1 aromatic carbocycles. The van der Waals surface area contributed by atoms with Crippen LogP contribution in [0.25, 0.3) is 0 Å². The molecule has 0 bridgehead atoms. The topological polar surface area (TPSA) is 38.5 Å². The van der Waals surface area contributed by atoms with Gasteiger partial charge in [0.2, 0.25) is 0 Å². The maximum absolute atomic E-state index is 5.99. The highest BCUT2D eigenvalue weighted by Crippen LogP contribution is 2.20. The fourth-order valence-electron chi connectivity index (χ4n) is 1.86. The fraction of sp³-hybridized carbons (Fsp3) is 0.538. The molecule has 4 heteroatoms. The van der Waals surface area contributed by atoms with Gasteiger partial charge in [-0.3, -0.25) is 4.90 Å². The van der Waals surface area contributed by atoms with Crippen LogP contribution in [0.5, 0.6) is 0 Å². The van der Waals surface area contributed by atoms with Gasteiger partial charge in [0.15, 0.2) is 0 Å². The van der Waals surface area contributed by atoms with E-state index in [4.69, 9.17) is 22.1 Å². The quantitative estimate of drug-likeness (QED) is 0.796. The normalized spacial score (nSPS) is 13.0. The number of nitrogens with two attached hydrogens (primary N) is 1. The Morgan fingerprint density at radius 2 is 2.18 bits per heavy atom. The molecule has 96 valence electrons. The maximum atomic E-state index is 5.99. The van der Waals surface area contributed by atoms with Crippen LogP contribution in [0, 0.1) is 0 Å². The zero-order valence-electron chi connectivity index (χ0n) is 10.7. The van der Waals surface area contributed by atoms with E-state index in [-0.39, 0.29) is 0 Å². The summed E-state index contributed by atoms with van der Waals surface area (Å²) in [5, 5.41) is 0.727. The van der Waals surface area contributed by atoms with E-state index in [0.29, 0.717) is 12.6 Å². The molecule has 0 saturated heterocycles. The lowest BCUT2D eigenvalue weighted by atomic mass is 10.1. The van der Waals surface area contributed by atoms with E-state index in [1.807, 2.05) is 18.2 Å². The van der Waals surface area contributed by atoms with E-state index in [2.05, 4.69) is 18.7 Å². The lowest BCUT2D eigenvalue weighted by Crippen LogP contribution is -2.35. The maximum Gasteiger partial charge on any atom is 0.0615 e. The number of hydrogen-bond acceptors (Lipinski definition) is 3. The Hall–Kier alpha value is -0.770. The van der Waals surface area contributed by atoms with Gasteiger partial charge in [-0.2, -0.15) is 0 Å². The van der Waals surface area contributed by atoms with Crippen molar-refractivity contribution in [1.82, 2.24) is 4.90 Å². The molecular formula is C13H21ClN2O. The van der Waals surface area contributed by atoms with Crippen LogP contribution in [-0.4, -0.2) is 31.2 Å². The van der Waals surface area contributed by atoms with Gasteiger partial charge in [0.1, 0.15) is 0 Å². The highest BCUT2D eigenvalue weighted by Gasteiger charge is 2.13. The Balaban J connectivity index is 2.76. The zero-order valence-corrected chi connectivity index (χ0v) is 11.5. The molecule has 0 heterocycles. The third kappa shape index (κ3) is 4.19. The summed E-state index contributed by atoms with van der Waals surface area (Å²) in [5.74, 6) is 0. The Bertz CT molecular complexity index is 357. The molecule has 0 aromatic heterocycles. The molecule has 0 radical (unpaired) electrons. The average molecular weight is 257 g/mol. The smallest absolute Gasteiger partial charge is 0.0615 e. The summed E-state index contributed by atoms with van der Waals surface area (Å²) >= 11 is 5.99. The summed E-state index contributed by atoms with van der Waals surface area (Å²) < 4.78 is 5.18. The predicted molar refractivity (Wildman–Crippen MR) is 73.3 cm³/mol. The van der Waals surface area contributed by atoms with Gasteiger partial charge < -0.3 is 10.5 Å². The molecule has 0 aliphatic heterocycles. The van der Waals surface area contributed by atoms with Gasteiger partial charge in [-0.05, 0) is 37.2 Å². The Morgan fingerprint density at radius 1 is 1.47 bits per heavy atom. The van der Waals surface area contributed by atoms with Crippen molar-refractivity contribution in [3.8, 4) is 0 Å². The third-order valence-corrected chi connectivity index (χ3v) is 3.15.